The number of rotatable bonds is 5. The Hall–Kier alpha value is -1.36. The largest absolute Gasteiger partial charge is 0.348 e. The highest BCUT2D eigenvalue weighted by molar-refractivity contribution is 5.46. The van der Waals surface area contributed by atoms with E-state index in [4.69, 9.17) is 0 Å². The molecule has 82 valence electrons. The molecule has 1 aromatic heterocycles. The van der Waals surface area contributed by atoms with Crippen LogP contribution in [0.5, 0.6) is 0 Å². The monoisotopic (exact) mass is 208 g/mol. The molecule has 1 fully saturated rings. The van der Waals surface area contributed by atoms with Crippen molar-refractivity contribution in [1.29, 1.82) is 0 Å². The fourth-order valence-electron chi connectivity index (χ4n) is 2.05. The van der Waals surface area contributed by atoms with Crippen LogP contribution in [-0.2, 0) is 11.2 Å². The third kappa shape index (κ3) is 2.56. The van der Waals surface area contributed by atoms with Gasteiger partial charge in [-0.3, -0.25) is 9.69 Å². The predicted molar refractivity (Wildman–Crippen MR) is 56.1 cm³/mol. The van der Waals surface area contributed by atoms with Gasteiger partial charge in [0.05, 0.1) is 12.5 Å². The molecule has 0 bridgehead atoms. The first-order chi connectivity index (χ1) is 7.40. The van der Waals surface area contributed by atoms with Crippen LogP contribution < -0.4 is 5.32 Å². The Morgan fingerprint density at radius 3 is 3.40 bits per heavy atom. The van der Waals surface area contributed by atoms with E-state index in [2.05, 4.69) is 20.2 Å². The third-order valence-electron chi connectivity index (χ3n) is 2.85. The van der Waals surface area contributed by atoms with E-state index in [1.807, 2.05) is 6.20 Å². The summed E-state index contributed by atoms with van der Waals surface area (Å²) in [5.74, 6) is 0. The average Bonchev–Trinajstić information content (AvgIpc) is 2.85. The van der Waals surface area contributed by atoms with Crippen LogP contribution in [0.2, 0.25) is 0 Å². The molecule has 2 heterocycles. The molecular formula is C10H16N4O. The number of nitrogens with zero attached hydrogens (tertiary/aromatic N) is 2. The number of carbonyl (C=O) groups excluding carboxylic acids is 1. The molecule has 0 spiro atoms. The maximum atomic E-state index is 10.4. The van der Waals surface area contributed by atoms with Crippen molar-refractivity contribution < 1.29 is 4.79 Å². The average molecular weight is 208 g/mol. The Kier molecular flexibility index (Phi) is 3.34. The van der Waals surface area contributed by atoms with Crippen LogP contribution in [0.3, 0.4) is 0 Å². The highest BCUT2D eigenvalue weighted by atomic mass is 16.1. The standard InChI is InChI=1S/C10H16N4O/c15-8-13-10-2-1-4-14(10)5-3-9-6-11-7-12-9/h6-8,10H,1-5H2,(H,11,12)(H,13,15)/t10-/m0/s1. The third-order valence-corrected chi connectivity index (χ3v) is 2.85. The van der Waals surface area contributed by atoms with Crippen LogP contribution in [0, 0.1) is 0 Å². The minimum atomic E-state index is 0.227. The number of hydrogen-bond donors (Lipinski definition) is 2. The van der Waals surface area contributed by atoms with Crippen LogP contribution in [-0.4, -0.2) is 40.5 Å². The summed E-state index contributed by atoms with van der Waals surface area (Å²) in [4.78, 5) is 19.7. The molecule has 1 aromatic rings. The van der Waals surface area contributed by atoms with E-state index in [9.17, 15) is 4.79 Å². The molecule has 5 heteroatoms. The highest BCUT2D eigenvalue weighted by Gasteiger charge is 2.23. The van der Waals surface area contributed by atoms with E-state index >= 15 is 0 Å². The van der Waals surface area contributed by atoms with Gasteiger partial charge in [-0.25, -0.2) is 4.98 Å². The van der Waals surface area contributed by atoms with Gasteiger partial charge in [0, 0.05) is 31.4 Å². The number of amides is 1. The Bertz CT molecular complexity index is 298. The quantitative estimate of drug-likeness (QED) is 0.676. The van der Waals surface area contributed by atoms with E-state index in [1.165, 1.54) is 0 Å². The minimum absolute atomic E-state index is 0.227. The van der Waals surface area contributed by atoms with Crippen molar-refractivity contribution in [3.63, 3.8) is 0 Å². The number of hydrogen-bond acceptors (Lipinski definition) is 3. The van der Waals surface area contributed by atoms with Crippen molar-refractivity contribution in [2.45, 2.75) is 25.4 Å². The summed E-state index contributed by atoms with van der Waals surface area (Å²) in [6.07, 6.45) is 7.73. The van der Waals surface area contributed by atoms with Gasteiger partial charge >= 0.3 is 0 Å². The smallest absolute Gasteiger partial charge is 0.208 e. The van der Waals surface area contributed by atoms with E-state index < -0.39 is 0 Å². The van der Waals surface area contributed by atoms with Gasteiger partial charge in [0.2, 0.25) is 6.41 Å². The van der Waals surface area contributed by atoms with Gasteiger partial charge in [0.1, 0.15) is 0 Å². The molecule has 1 aliphatic heterocycles. The summed E-state index contributed by atoms with van der Waals surface area (Å²) in [7, 11) is 0. The maximum Gasteiger partial charge on any atom is 0.208 e. The van der Waals surface area contributed by atoms with Crippen LogP contribution in [0.25, 0.3) is 0 Å². The van der Waals surface area contributed by atoms with Crippen molar-refractivity contribution in [1.82, 2.24) is 20.2 Å². The molecule has 0 aliphatic carbocycles. The molecule has 5 nitrogen and oxygen atoms in total. The van der Waals surface area contributed by atoms with Crippen molar-refractivity contribution >= 4 is 6.41 Å². The van der Waals surface area contributed by atoms with Gasteiger partial charge < -0.3 is 10.3 Å². The first-order valence-electron chi connectivity index (χ1n) is 5.31. The fourth-order valence-corrected chi connectivity index (χ4v) is 2.05. The molecule has 1 saturated heterocycles. The predicted octanol–water partition coefficient (Wildman–Crippen LogP) is 0.120. The van der Waals surface area contributed by atoms with Crippen molar-refractivity contribution in [3.05, 3.63) is 18.2 Å². The van der Waals surface area contributed by atoms with E-state index in [1.54, 1.807) is 6.33 Å². The lowest BCUT2D eigenvalue weighted by Gasteiger charge is -2.23. The lowest BCUT2D eigenvalue weighted by molar-refractivity contribution is -0.111. The van der Waals surface area contributed by atoms with Crippen LogP contribution in [0.15, 0.2) is 12.5 Å². The molecule has 1 atom stereocenters. The number of imidazole rings is 1. The zero-order chi connectivity index (χ0) is 10.5. The number of carbonyl (C=O) groups is 1. The van der Waals surface area contributed by atoms with Gasteiger partial charge in [0.25, 0.3) is 0 Å². The van der Waals surface area contributed by atoms with Gasteiger partial charge in [0.15, 0.2) is 0 Å². The van der Waals surface area contributed by atoms with Gasteiger partial charge in [-0.05, 0) is 12.8 Å². The number of aromatic nitrogens is 2. The Morgan fingerprint density at radius 1 is 1.73 bits per heavy atom. The normalized spacial score (nSPS) is 21.7. The van der Waals surface area contributed by atoms with Crippen molar-refractivity contribution in [2.24, 2.45) is 0 Å². The maximum absolute atomic E-state index is 10.4. The highest BCUT2D eigenvalue weighted by Crippen LogP contribution is 2.14. The van der Waals surface area contributed by atoms with Crippen molar-refractivity contribution in [3.8, 4) is 0 Å². The summed E-state index contributed by atoms with van der Waals surface area (Å²) in [6, 6.07) is 0. The fraction of sp³-hybridized carbons (Fsp3) is 0.600. The molecule has 2 N–H and O–H groups in total. The van der Waals surface area contributed by atoms with E-state index in [-0.39, 0.29) is 6.17 Å². The second-order valence-corrected chi connectivity index (χ2v) is 3.81. The summed E-state index contributed by atoms with van der Waals surface area (Å²) < 4.78 is 0. The molecule has 1 aliphatic rings. The number of aromatic amines is 1. The molecule has 0 unspecified atom stereocenters. The molecule has 0 saturated carbocycles. The topological polar surface area (TPSA) is 61.0 Å². The van der Waals surface area contributed by atoms with Crippen molar-refractivity contribution in [2.75, 3.05) is 13.1 Å². The van der Waals surface area contributed by atoms with Gasteiger partial charge in [-0.15, -0.1) is 0 Å². The molecule has 1 amide bonds. The first kappa shape index (κ1) is 10.2. The number of likely N-dealkylation sites (tertiary alicyclic amines) is 1. The van der Waals surface area contributed by atoms with Crippen LogP contribution in [0.4, 0.5) is 0 Å². The Balaban J connectivity index is 1.80. The summed E-state index contributed by atoms with van der Waals surface area (Å²) in [5.41, 5.74) is 1.15. The number of H-pyrrole nitrogens is 1. The molecule has 0 aromatic carbocycles. The van der Waals surface area contributed by atoms with Gasteiger partial charge in [-0.2, -0.15) is 0 Å². The van der Waals surface area contributed by atoms with Crippen LogP contribution >= 0.6 is 0 Å². The lowest BCUT2D eigenvalue weighted by atomic mass is 10.3. The minimum Gasteiger partial charge on any atom is -0.348 e. The Morgan fingerprint density at radius 2 is 2.67 bits per heavy atom. The first-order valence-corrected chi connectivity index (χ1v) is 5.31. The SMILES string of the molecule is O=CN[C@@H]1CCCN1CCc1cnc[nH]1. The lowest BCUT2D eigenvalue weighted by Crippen LogP contribution is -2.41. The summed E-state index contributed by atoms with van der Waals surface area (Å²) >= 11 is 0. The second-order valence-electron chi connectivity index (χ2n) is 3.81. The number of nitrogens with one attached hydrogen (secondary N) is 2. The summed E-state index contributed by atoms with van der Waals surface area (Å²) in [5, 5.41) is 2.84. The second kappa shape index (κ2) is 4.93. The molecule has 0 radical (unpaired) electrons. The van der Waals surface area contributed by atoms with E-state index in [0.29, 0.717) is 0 Å². The zero-order valence-corrected chi connectivity index (χ0v) is 8.65. The molecule has 2 rings (SSSR count). The van der Waals surface area contributed by atoms with Gasteiger partial charge in [-0.1, -0.05) is 0 Å². The summed E-state index contributed by atoms with van der Waals surface area (Å²) in [6.45, 7) is 2.04. The Labute approximate surface area is 88.9 Å². The van der Waals surface area contributed by atoms with Crippen LogP contribution in [0.1, 0.15) is 18.5 Å². The molecular weight excluding hydrogens is 192 g/mol. The molecule has 15 heavy (non-hydrogen) atoms. The van der Waals surface area contributed by atoms with E-state index in [0.717, 1.165) is 44.5 Å². The zero-order valence-electron chi connectivity index (χ0n) is 8.65.